The molecule has 0 spiro atoms. The molecule has 1 amide bonds. The average molecular weight is 319 g/mol. The van der Waals surface area contributed by atoms with Gasteiger partial charge in [0, 0.05) is 29.6 Å². The molecule has 0 saturated carbocycles. The van der Waals surface area contributed by atoms with Crippen LogP contribution in [0.5, 0.6) is 0 Å². The minimum Gasteiger partial charge on any atom is -0.335 e. The summed E-state index contributed by atoms with van der Waals surface area (Å²) in [4.78, 5) is 12.2. The van der Waals surface area contributed by atoms with E-state index in [0.717, 1.165) is 11.3 Å². The number of amides is 1. The third-order valence-electron chi connectivity index (χ3n) is 3.76. The van der Waals surface area contributed by atoms with Crippen LogP contribution >= 0.6 is 0 Å². The molecule has 0 bridgehead atoms. The SMILES string of the molecule is Cn1c(C#N)ccc1-c1cccc(NC(=O)c2ccc(F)cc2)c1. The zero-order chi connectivity index (χ0) is 17.1. The van der Waals surface area contributed by atoms with E-state index in [1.807, 2.05) is 31.3 Å². The molecule has 0 aliphatic heterocycles. The fraction of sp³-hybridized carbons (Fsp3) is 0.0526. The number of nitrogens with one attached hydrogen (secondary N) is 1. The van der Waals surface area contributed by atoms with Gasteiger partial charge in [-0.2, -0.15) is 5.26 Å². The van der Waals surface area contributed by atoms with Gasteiger partial charge < -0.3 is 9.88 Å². The number of anilines is 1. The zero-order valence-electron chi connectivity index (χ0n) is 13.0. The van der Waals surface area contributed by atoms with E-state index in [1.165, 1.54) is 24.3 Å². The Morgan fingerprint density at radius 2 is 1.88 bits per heavy atom. The molecular formula is C19H14FN3O. The molecular weight excluding hydrogens is 305 g/mol. The summed E-state index contributed by atoms with van der Waals surface area (Å²) in [6.45, 7) is 0. The Hall–Kier alpha value is -3.39. The van der Waals surface area contributed by atoms with Crippen LogP contribution in [0.25, 0.3) is 11.3 Å². The van der Waals surface area contributed by atoms with E-state index in [2.05, 4.69) is 11.4 Å². The Balaban J connectivity index is 1.85. The maximum Gasteiger partial charge on any atom is 0.255 e. The Bertz CT molecular complexity index is 936. The number of benzene rings is 2. The van der Waals surface area contributed by atoms with Crippen LogP contribution < -0.4 is 5.32 Å². The summed E-state index contributed by atoms with van der Waals surface area (Å²) in [5.41, 5.74) is 3.33. The van der Waals surface area contributed by atoms with E-state index >= 15 is 0 Å². The second-order valence-corrected chi connectivity index (χ2v) is 5.32. The quantitative estimate of drug-likeness (QED) is 0.794. The van der Waals surface area contributed by atoms with Gasteiger partial charge in [0.2, 0.25) is 0 Å². The highest BCUT2D eigenvalue weighted by molar-refractivity contribution is 6.04. The van der Waals surface area contributed by atoms with Crippen molar-refractivity contribution in [3.8, 4) is 17.3 Å². The van der Waals surface area contributed by atoms with Gasteiger partial charge >= 0.3 is 0 Å². The molecule has 0 radical (unpaired) electrons. The number of rotatable bonds is 3. The van der Waals surface area contributed by atoms with Gasteiger partial charge in [0.15, 0.2) is 0 Å². The van der Waals surface area contributed by atoms with Crippen LogP contribution in [0.2, 0.25) is 0 Å². The van der Waals surface area contributed by atoms with E-state index in [9.17, 15) is 9.18 Å². The van der Waals surface area contributed by atoms with Gasteiger partial charge in [-0.05, 0) is 48.5 Å². The minimum atomic E-state index is -0.384. The number of aromatic nitrogens is 1. The number of carbonyl (C=O) groups excluding carboxylic acids is 1. The number of nitrogens with zero attached hydrogens (tertiary/aromatic N) is 2. The first-order valence-electron chi connectivity index (χ1n) is 7.31. The van der Waals surface area contributed by atoms with Gasteiger partial charge in [-0.25, -0.2) is 4.39 Å². The molecule has 4 nitrogen and oxygen atoms in total. The first-order chi connectivity index (χ1) is 11.6. The lowest BCUT2D eigenvalue weighted by molar-refractivity contribution is 0.102. The molecule has 118 valence electrons. The number of nitriles is 1. The van der Waals surface area contributed by atoms with Crippen LogP contribution in [-0.2, 0) is 7.05 Å². The van der Waals surface area contributed by atoms with Gasteiger partial charge in [0.1, 0.15) is 17.6 Å². The molecule has 2 aromatic carbocycles. The number of carbonyl (C=O) groups is 1. The molecule has 1 heterocycles. The average Bonchev–Trinajstić information content (AvgIpc) is 2.96. The van der Waals surface area contributed by atoms with Crippen molar-refractivity contribution in [2.45, 2.75) is 0 Å². The molecule has 1 N–H and O–H groups in total. The van der Waals surface area contributed by atoms with Gasteiger partial charge in [-0.15, -0.1) is 0 Å². The van der Waals surface area contributed by atoms with Crippen LogP contribution in [0.4, 0.5) is 10.1 Å². The highest BCUT2D eigenvalue weighted by atomic mass is 19.1. The number of hydrogen-bond donors (Lipinski definition) is 1. The van der Waals surface area contributed by atoms with Gasteiger partial charge in [-0.1, -0.05) is 12.1 Å². The van der Waals surface area contributed by atoms with Crippen LogP contribution in [0, 0.1) is 17.1 Å². The molecule has 3 rings (SSSR count). The molecule has 0 unspecified atom stereocenters. The lowest BCUT2D eigenvalue weighted by atomic mass is 10.1. The molecule has 0 aliphatic carbocycles. The van der Waals surface area contributed by atoms with Gasteiger partial charge in [-0.3, -0.25) is 4.79 Å². The minimum absolute atomic E-state index is 0.309. The van der Waals surface area contributed by atoms with Crippen molar-refractivity contribution < 1.29 is 9.18 Å². The Morgan fingerprint density at radius 3 is 2.54 bits per heavy atom. The summed E-state index contributed by atoms with van der Waals surface area (Å²) in [5, 5.41) is 11.8. The van der Waals surface area contributed by atoms with Crippen molar-refractivity contribution in [3.63, 3.8) is 0 Å². The third kappa shape index (κ3) is 3.03. The standard InChI is InChI=1S/C19H14FN3O/c1-23-17(12-21)9-10-18(23)14-3-2-4-16(11-14)22-19(24)13-5-7-15(20)8-6-13/h2-11H,1H3,(H,22,24). The highest BCUT2D eigenvalue weighted by Gasteiger charge is 2.09. The second-order valence-electron chi connectivity index (χ2n) is 5.32. The van der Waals surface area contributed by atoms with Crippen molar-refractivity contribution in [1.29, 1.82) is 5.26 Å². The van der Waals surface area contributed by atoms with Crippen LogP contribution in [0.3, 0.4) is 0 Å². The van der Waals surface area contributed by atoms with Crippen molar-refractivity contribution >= 4 is 11.6 Å². The van der Waals surface area contributed by atoms with Crippen LogP contribution in [-0.4, -0.2) is 10.5 Å². The molecule has 3 aromatic rings. The topological polar surface area (TPSA) is 57.8 Å². The normalized spacial score (nSPS) is 10.2. The Kier molecular flexibility index (Phi) is 4.13. The zero-order valence-corrected chi connectivity index (χ0v) is 13.0. The Labute approximate surface area is 138 Å². The number of hydrogen-bond acceptors (Lipinski definition) is 2. The number of halogens is 1. The lowest BCUT2D eigenvalue weighted by Gasteiger charge is -2.09. The van der Waals surface area contributed by atoms with Crippen molar-refractivity contribution in [1.82, 2.24) is 4.57 Å². The van der Waals surface area contributed by atoms with Gasteiger partial charge in [0.25, 0.3) is 5.91 Å². The fourth-order valence-corrected chi connectivity index (χ4v) is 2.47. The molecule has 0 aliphatic rings. The summed E-state index contributed by atoms with van der Waals surface area (Å²) >= 11 is 0. The molecule has 0 saturated heterocycles. The van der Waals surface area contributed by atoms with Gasteiger partial charge in [0.05, 0.1) is 0 Å². The van der Waals surface area contributed by atoms with Crippen molar-refractivity contribution in [2.75, 3.05) is 5.32 Å². The molecule has 0 fully saturated rings. The maximum atomic E-state index is 12.9. The fourth-order valence-electron chi connectivity index (χ4n) is 2.47. The Morgan fingerprint density at radius 1 is 1.12 bits per heavy atom. The summed E-state index contributed by atoms with van der Waals surface area (Å²) in [6.07, 6.45) is 0. The molecule has 5 heteroatoms. The van der Waals surface area contributed by atoms with E-state index in [0.29, 0.717) is 16.9 Å². The van der Waals surface area contributed by atoms with E-state index in [4.69, 9.17) is 5.26 Å². The van der Waals surface area contributed by atoms with Crippen molar-refractivity contribution in [3.05, 3.63) is 77.7 Å². The van der Waals surface area contributed by atoms with Crippen LogP contribution in [0.15, 0.2) is 60.7 Å². The highest BCUT2D eigenvalue weighted by Crippen LogP contribution is 2.24. The smallest absolute Gasteiger partial charge is 0.255 e. The molecule has 0 atom stereocenters. The van der Waals surface area contributed by atoms with Crippen molar-refractivity contribution in [2.24, 2.45) is 7.05 Å². The second kappa shape index (κ2) is 6.39. The summed E-state index contributed by atoms with van der Waals surface area (Å²) in [5.74, 6) is -0.692. The third-order valence-corrected chi connectivity index (χ3v) is 3.76. The lowest BCUT2D eigenvalue weighted by Crippen LogP contribution is -2.11. The summed E-state index contributed by atoms with van der Waals surface area (Å²) in [7, 11) is 1.82. The molecule has 1 aromatic heterocycles. The first-order valence-corrected chi connectivity index (χ1v) is 7.31. The summed E-state index contributed by atoms with van der Waals surface area (Å²) < 4.78 is 14.7. The summed E-state index contributed by atoms with van der Waals surface area (Å²) in [6, 6.07) is 18.4. The largest absolute Gasteiger partial charge is 0.335 e. The van der Waals surface area contributed by atoms with E-state index < -0.39 is 0 Å². The van der Waals surface area contributed by atoms with E-state index in [-0.39, 0.29) is 11.7 Å². The maximum absolute atomic E-state index is 12.9. The predicted octanol–water partition coefficient (Wildman–Crippen LogP) is 3.96. The monoisotopic (exact) mass is 319 g/mol. The predicted molar refractivity (Wildman–Crippen MR) is 89.9 cm³/mol. The van der Waals surface area contributed by atoms with Crippen LogP contribution in [0.1, 0.15) is 16.1 Å². The first kappa shape index (κ1) is 15.5. The molecule has 24 heavy (non-hydrogen) atoms. The van der Waals surface area contributed by atoms with E-state index in [1.54, 1.807) is 16.7 Å².